The molecule has 0 spiro atoms. The van der Waals surface area contributed by atoms with Crippen LogP contribution in [0.5, 0.6) is 11.5 Å². The van der Waals surface area contributed by atoms with E-state index in [0.717, 1.165) is 17.7 Å². The molecule has 4 nitrogen and oxygen atoms in total. The van der Waals surface area contributed by atoms with Gasteiger partial charge in [0.2, 0.25) is 0 Å². The Morgan fingerprint density at radius 3 is 2.54 bits per heavy atom. The van der Waals surface area contributed by atoms with Gasteiger partial charge in [-0.15, -0.1) is 0 Å². The first-order chi connectivity index (χ1) is 12.5. The highest BCUT2D eigenvalue weighted by atomic mass is 35.5. The van der Waals surface area contributed by atoms with Gasteiger partial charge >= 0.3 is 0 Å². The zero-order valence-corrected chi connectivity index (χ0v) is 16.2. The summed E-state index contributed by atoms with van der Waals surface area (Å²) in [6.07, 6.45) is 0.849. The molecule has 0 saturated heterocycles. The van der Waals surface area contributed by atoms with Gasteiger partial charge in [0.25, 0.3) is 5.91 Å². The third kappa shape index (κ3) is 4.08. The fourth-order valence-electron chi connectivity index (χ4n) is 2.91. The highest BCUT2D eigenvalue weighted by Gasteiger charge is 2.23. The molecule has 1 amide bonds. The van der Waals surface area contributed by atoms with Crippen LogP contribution in [0.25, 0.3) is 0 Å². The average Bonchev–Trinajstić information content (AvgIpc) is 2.86. The summed E-state index contributed by atoms with van der Waals surface area (Å²) in [6, 6.07) is 10.6. The Hall–Kier alpha value is -1.91. The molecule has 0 aliphatic carbocycles. The van der Waals surface area contributed by atoms with Crippen LogP contribution in [0, 0.1) is 5.92 Å². The van der Waals surface area contributed by atoms with E-state index in [1.54, 1.807) is 18.2 Å². The van der Waals surface area contributed by atoms with Crippen molar-refractivity contribution in [1.82, 2.24) is 5.32 Å². The number of amides is 1. The van der Waals surface area contributed by atoms with Gasteiger partial charge in [-0.25, -0.2) is 0 Å². The fourth-order valence-corrected chi connectivity index (χ4v) is 3.29. The Morgan fingerprint density at radius 2 is 1.81 bits per heavy atom. The van der Waals surface area contributed by atoms with Crippen LogP contribution in [0.15, 0.2) is 36.4 Å². The molecular formula is C20H21Cl2NO3. The molecule has 0 radical (unpaired) electrons. The Balaban J connectivity index is 1.87. The quantitative estimate of drug-likeness (QED) is 0.768. The highest BCUT2D eigenvalue weighted by molar-refractivity contribution is 6.43. The molecule has 6 heteroatoms. The molecule has 26 heavy (non-hydrogen) atoms. The van der Waals surface area contributed by atoms with E-state index >= 15 is 0 Å². The summed E-state index contributed by atoms with van der Waals surface area (Å²) < 4.78 is 11.4. The average molecular weight is 394 g/mol. The van der Waals surface area contributed by atoms with Gasteiger partial charge in [-0.1, -0.05) is 49.2 Å². The van der Waals surface area contributed by atoms with Gasteiger partial charge in [0.1, 0.15) is 0 Å². The first-order valence-electron chi connectivity index (χ1n) is 8.62. The molecule has 0 saturated carbocycles. The molecule has 2 aromatic carbocycles. The topological polar surface area (TPSA) is 47.6 Å². The fraction of sp³-hybridized carbons (Fsp3) is 0.350. The molecule has 1 atom stereocenters. The summed E-state index contributed by atoms with van der Waals surface area (Å²) >= 11 is 12.2. The van der Waals surface area contributed by atoms with Gasteiger partial charge in [0, 0.05) is 6.42 Å². The van der Waals surface area contributed by atoms with Gasteiger partial charge in [0.05, 0.1) is 34.9 Å². The maximum atomic E-state index is 12.7. The van der Waals surface area contributed by atoms with E-state index < -0.39 is 0 Å². The van der Waals surface area contributed by atoms with E-state index in [1.807, 2.05) is 32.0 Å². The zero-order chi connectivity index (χ0) is 18.7. The molecule has 0 fully saturated rings. The van der Waals surface area contributed by atoms with Gasteiger partial charge in [-0.3, -0.25) is 4.79 Å². The minimum Gasteiger partial charge on any atom is -0.490 e. The van der Waals surface area contributed by atoms with Crippen LogP contribution in [0.4, 0.5) is 0 Å². The molecule has 3 rings (SSSR count). The number of ether oxygens (including phenoxy) is 2. The highest BCUT2D eigenvalue weighted by Crippen LogP contribution is 2.34. The van der Waals surface area contributed by atoms with E-state index in [-0.39, 0.29) is 22.9 Å². The number of carbonyl (C=O) groups is 1. The first kappa shape index (κ1) is 18.9. The molecule has 1 aliphatic rings. The summed E-state index contributed by atoms with van der Waals surface area (Å²) in [4.78, 5) is 12.7. The van der Waals surface area contributed by atoms with Crippen LogP contribution in [-0.2, 0) is 0 Å². The second kappa shape index (κ2) is 8.19. The molecule has 0 bridgehead atoms. The van der Waals surface area contributed by atoms with Crippen molar-refractivity contribution >= 4 is 29.1 Å². The molecule has 1 heterocycles. The van der Waals surface area contributed by atoms with Crippen LogP contribution in [0.1, 0.15) is 42.2 Å². The number of nitrogens with one attached hydrogen (secondary N) is 1. The van der Waals surface area contributed by atoms with Gasteiger partial charge in [-0.05, 0) is 35.7 Å². The predicted octanol–water partition coefficient (Wildman–Crippen LogP) is 5.28. The lowest BCUT2D eigenvalue weighted by Gasteiger charge is -2.24. The molecule has 1 N–H and O–H groups in total. The van der Waals surface area contributed by atoms with Crippen LogP contribution < -0.4 is 14.8 Å². The Bertz CT molecular complexity index is 808. The molecule has 0 aromatic heterocycles. The molecular weight excluding hydrogens is 373 g/mol. The Morgan fingerprint density at radius 1 is 1.08 bits per heavy atom. The minimum atomic E-state index is -0.261. The van der Waals surface area contributed by atoms with Crippen molar-refractivity contribution in [2.45, 2.75) is 26.3 Å². The molecule has 1 unspecified atom stereocenters. The molecule has 138 valence electrons. The van der Waals surface area contributed by atoms with Crippen molar-refractivity contribution in [2.75, 3.05) is 13.2 Å². The number of halogens is 2. The Kier molecular flexibility index (Phi) is 5.94. The number of rotatable bonds is 4. The maximum Gasteiger partial charge on any atom is 0.253 e. The number of hydrogen-bond donors (Lipinski definition) is 1. The summed E-state index contributed by atoms with van der Waals surface area (Å²) in [5.74, 6) is 1.35. The molecule has 2 aromatic rings. The standard InChI is InChI=1S/C20H21Cl2NO3/c1-12(2)19(23-20(24)14-5-3-6-15(21)18(14)22)13-7-8-16-17(11-13)26-10-4-9-25-16/h3,5-8,11-12,19H,4,9-10H2,1-2H3,(H,23,24). The number of carbonyl (C=O) groups excluding carboxylic acids is 1. The number of hydrogen-bond acceptors (Lipinski definition) is 3. The summed E-state index contributed by atoms with van der Waals surface area (Å²) in [6.45, 7) is 5.36. The maximum absolute atomic E-state index is 12.7. The van der Waals surface area contributed by atoms with Crippen molar-refractivity contribution in [3.63, 3.8) is 0 Å². The van der Waals surface area contributed by atoms with Crippen LogP contribution in [-0.4, -0.2) is 19.1 Å². The van der Waals surface area contributed by atoms with Crippen LogP contribution >= 0.6 is 23.2 Å². The summed E-state index contributed by atoms with van der Waals surface area (Å²) in [7, 11) is 0. The third-order valence-electron chi connectivity index (χ3n) is 4.28. The lowest BCUT2D eigenvalue weighted by molar-refractivity contribution is 0.0925. The van der Waals surface area contributed by atoms with Crippen LogP contribution in [0.2, 0.25) is 10.0 Å². The van der Waals surface area contributed by atoms with E-state index in [2.05, 4.69) is 5.32 Å². The first-order valence-corrected chi connectivity index (χ1v) is 9.37. The van der Waals surface area contributed by atoms with Crippen molar-refractivity contribution in [1.29, 1.82) is 0 Å². The lowest BCUT2D eigenvalue weighted by atomic mass is 9.95. The van der Waals surface area contributed by atoms with Crippen molar-refractivity contribution in [3.05, 3.63) is 57.6 Å². The molecule has 1 aliphatic heterocycles. The smallest absolute Gasteiger partial charge is 0.253 e. The van der Waals surface area contributed by atoms with E-state index in [4.69, 9.17) is 32.7 Å². The van der Waals surface area contributed by atoms with E-state index in [1.165, 1.54) is 0 Å². The van der Waals surface area contributed by atoms with Crippen molar-refractivity contribution in [2.24, 2.45) is 5.92 Å². The largest absolute Gasteiger partial charge is 0.490 e. The van der Waals surface area contributed by atoms with Crippen molar-refractivity contribution < 1.29 is 14.3 Å². The zero-order valence-electron chi connectivity index (χ0n) is 14.7. The van der Waals surface area contributed by atoms with Gasteiger partial charge in [0.15, 0.2) is 11.5 Å². The van der Waals surface area contributed by atoms with E-state index in [9.17, 15) is 4.79 Å². The number of fused-ring (bicyclic) bond motifs is 1. The lowest BCUT2D eigenvalue weighted by Crippen LogP contribution is -2.32. The van der Waals surface area contributed by atoms with Gasteiger partial charge < -0.3 is 14.8 Å². The van der Waals surface area contributed by atoms with E-state index in [0.29, 0.717) is 29.5 Å². The third-order valence-corrected chi connectivity index (χ3v) is 5.10. The minimum absolute atomic E-state index is 0.168. The van der Waals surface area contributed by atoms with Crippen molar-refractivity contribution in [3.8, 4) is 11.5 Å². The van der Waals surface area contributed by atoms with Crippen LogP contribution in [0.3, 0.4) is 0 Å². The Labute approximate surface area is 163 Å². The summed E-state index contributed by atoms with van der Waals surface area (Å²) in [5, 5.41) is 3.68. The predicted molar refractivity (Wildman–Crippen MR) is 104 cm³/mol. The second-order valence-electron chi connectivity index (χ2n) is 6.55. The normalized spacial score (nSPS) is 14.7. The van der Waals surface area contributed by atoms with Gasteiger partial charge in [-0.2, -0.15) is 0 Å². The summed E-state index contributed by atoms with van der Waals surface area (Å²) in [5.41, 5.74) is 1.31. The number of benzene rings is 2. The second-order valence-corrected chi connectivity index (χ2v) is 7.34. The SMILES string of the molecule is CC(C)C(NC(=O)c1cccc(Cl)c1Cl)c1ccc2c(c1)OCCCO2. The monoisotopic (exact) mass is 393 g/mol.